The van der Waals surface area contributed by atoms with Crippen molar-refractivity contribution in [1.29, 1.82) is 0 Å². The molecular weight excluding hydrogens is 306 g/mol. The molecule has 0 aliphatic heterocycles. The van der Waals surface area contributed by atoms with Gasteiger partial charge in [0.1, 0.15) is 29.7 Å². The van der Waals surface area contributed by atoms with E-state index in [-0.39, 0.29) is 0 Å². The first-order valence-corrected chi connectivity index (χ1v) is 8.20. The van der Waals surface area contributed by atoms with Gasteiger partial charge in [-0.3, -0.25) is 0 Å². The third-order valence-corrected chi connectivity index (χ3v) is 4.33. The Morgan fingerprint density at radius 1 is 1.29 bits per heavy atom. The molecule has 1 heterocycles. The lowest BCUT2D eigenvalue weighted by Crippen LogP contribution is -2.13. The number of hydrogen-bond acceptors (Lipinski definition) is 5. The van der Waals surface area contributed by atoms with Gasteiger partial charge in [-0.25, -0.2) is 9.97 Å². The van der Waals surface area contributed by atoms with E-state index in [9.17, 15) is 0 Å². The predicted molar refractivity (Wildman–Crippen MR) is 88.7 cm³/mol. The van der Waals surface area contributed by atoms with Crippen LogP contribution in [0.3, 0.4) is 0 Å². The Balaban J connectivity index is 1.85. The largest absolute Gasteiger partial charge is 0.492 e. The minimum absolute atomic E-state index is 0.469. The van der Waals surface area contributed by atoms with Crippen LogP contribution in [0, 0.1) is 13.8 Å². The molecule has 1 N–H and O–H groups in total. The number of ether oxygens (including phenoxy) is 1. The molecule has 0 spiro atoms. The van der Waals surface area contributed by atoms with Gasteiger partial charge >= 0.3 is 0 Å². The molecule has 0 atom stereocenters. The van der Waals surface area contributed by atoms with Crippen molar-refractivity contribution in [2.75, 3.05) is 24.7 Å². The summed E-state index contributed by atoms with van der Waals surface area (Å²) in [6, 6.07) is 6.13. The summed E-state index contributed by atoms with van der Waals surface area (Å²) in [6.45, 7) is 5.18. The second-order valence-electron chi connectivity index (χ2n) is 4.54. The van der Waals surface area contributed by atoms with Crippen molar-refractivity contribution in [2.45, 2.75) is 18.7 Å². The molecule has 0 bridgehead atoms. The van der Waals surface area contributed by atoms with Gasteiger partial charge in [-0.05, 0) is 43.9 Å². The van der Waals surface area contributed by atoms with Gasteiger partial charge < -0.3 is 10.1 Å². The van der Waals surface area contributed by atoms with Gasteiger partial charge in [-0.15, -0.1) is 11.8 Å². The molecule has 2 rings (SSSR count). The maximum absolute atomic E-state index is 5.94. The summed E-state index contributed by atoms with van der Waals surface area (Å²) in [4.78, 5) is 9.35. The second-order valence-corrected chi connectivity index (χ2v) is 5.75. The zero-order valence-electron chi connectivity index (χ0n) is 12.3. The Morgan fingerprint density at radius 3 is 2.81 bits per heavy atom. The number of halogens is 1. The average molecular weight is 324 g/mol. The van der Waals surface area contributed by atoms with E-state index in [0.717, 1.165) is 17.1 Å². The highest BCUT2D eigenvalue weighted by molar-refractivity contribution is 7.98. The van der Waals surface area contributed by atoms with Gasteiger partial charge in [-0.1, -0.05) is 11.6 Å². The Labute approximate surface area is 134 Å². The van der Waals surface area contributed by atoms with E-state index in [1.807, 2.05) is 13.0 Å². The lowest BCUT2D eigenvalue weighted by Gasteiger charge is -2.11. The van der Waals surface area contributed by atoms with Crippen LogP contribution in [0.15, 0.2) is 29.4 Å². The smallest absolute Gasteiger partial charge is 0.137 e. The predicted octanol–water partition coefficient (Wildman–Crippen LogP) is 3.96. The summed E-state index contributed by atoms with van der Waals surface area (Å²) in [6.07, 6.45) is 3.52. The minimum Gasteiger partial charge on any atom is -0.492 e. The van der Waals surface area contributed by atoms with E-state index in [0.29, 0.717) is 18.3 Å². The molecule has 0 saturated heterocycles. The van der Waals surface area contributed by atoms with E-state index < -0.39 is 0 Å². The van der Waals surface area contributed by atoms with Crippen LogP contribution >= 0.6 is 23.4 Å². The van der Waals surface area contributed by atoms with Crippen LogP contribution in [-0.4, -0.2) is 29.4 Å². The zero-order valence-corrected chi connectivity index (χ0v) is 13.9. The first-order chi connectivity index (χ1) is 10.1. The van der Waals surface area contributed by atoms with Crippen LogP contribution in [0.1, 0.15) is 11.1 Å². The maximum Gasteiger partial charge on any atom is 0.137 e. The number of aromatic nitrogens is 2. The van der Waals surface area contributed by atoms with Gasteiger partial charge in [0, 0.05) is 10.5 Å². The molecule has 0 fully saturated rings. The molecule has 0 amide bonds. The van der Waals surface area contributed by atoms with Crippen LogP contribution in [0.4, 0.5) is 5.82 Å². The Kier molecular flexibility index (Phi) is 5.70. The van der Waals surface area contributed by atoms with Crippen molar-refractivity contribution in [3.05, 3.63) is 40.8 Å². The molecule has 0 aliphatic rings. The molecule has 0 aliphatic carbocycles. The molecule has 0 radical (unpaired) electrons. The molecular formula is C15H18ClN3OS. The van der Waals surface area contributed by atoms with Crippen molar-refractivity contribution >= 4 is 29.2 Å². The number of aryl methyl sites for hydroxylation is 1. The fraction of sp³-hybridized carbons (Fsp3) is 0.333. The quantitative estimate of drug-likeness (QED) is 0.495. The summed E-state index contributed by atoms with van der Waals surface area (Å²) in [5.41, 5.74) is 2.07. The van der Waals surface area contributed by atoms with Gasteiger partial charge in [-0.2, -0.15) is 0 Å². The minimum atomic E-state index is 0.469. The molecule has 21 heavy (non-hydrogen) atoms. The molecule has 6 heteroatoms. The summed E-state index contributed by atoms with van der Waals surface area (Å²) in [5, 5.41) is 3.67. The van der Waals surface area contributed by atoms with Gasteiger partial charge in [0.05, 0.1) is 6.54 Å². The standard InChI is InChI=1S/C15H18ClN3OS/c1-10-8-12(4-5-13(10)21-3)20-7-6-17-15-11(2)14(16)18-9-19-15/h4-5,8-9H,6-7H2,1-3H3,(H,17,18,19). The molecule has 0 saturated carbocycles. The van der Waals surface area contributed by atoms with Crippen LogP contribution in [0.25, 0.3) is 0 Å². The highest BCUT2D eigenvalue weighted by atomic mass is 35.5. The number of rotatable bonds is 6. The first-order valence-electron chi connectivity index (χ1n) is 6.60. The van der Waals surface area contributed by atoms with Crippen molar-refractivity contribution in [1.82, 2.24) is 9.97 Å². The number of anilines is 1. The number of benzene rings is 1. The van der Waals surface area contributed by atoms with Crippen LogP contribution < -0.4 is 10.1 Å². The fourth-order valence-corrected chi connectivity index (χ4v) is 2.60. The van der Waals surface area contributed by atoms with E-state index in [4.69, 9.17) is 16.3 Å². The molecule has 1 aromatic carbocycles. The zero-order chi connectivity index (χ0) is 15.2. The maximum atomic E-state index is 5.94. The van der Waals surface area contributed by atoms with E-state index >= 15 is 0 Å². The van der Waals surface area contributed by atoms with Crippen LogP contribution in [0.5, 0.6) is 5.75 Å². The number of hydrogen-bond donors (Lipinski definition) is 1. The molecule has 4 nitrogen and oxygen atoms in total. The highest BCUT2D eigenvalue weighted by Crippen LogP contribution is 2.24. The first kappa shape index (κ1) is 15.9. The van der Waals surface area contributed by atoms with Crippen LogP contribution in [0.2, 0.25) is 5.15 Å². The molecule has 1 aromatic heterocycles. The molecule has 112 valence electrons. The van der Waals surface area contributed by atoms with Crippen molar-refractivity contribution in [2.24, 2.45) is 0 Å². The summed E-state index contributed by atoms with van der Waals surface area (Å²) < 4.78 is 5.73. The Hall–Kier alpha value is -1.46. The van der Waals surface area contributed by atoms with E-state index in [2.05, 4.69) is 40.6 Å². The van der Waals surface area contributed by atoms with Gasteiger partial charge in [0.15, 0.2) is 0 Å². The number of nitrogens with one attached hydrogen (secondary N) is 1. The van der Waals surface area contributed by atoms with Gasteiger partial charge in [0.25, 0.3) is 0 Å². The summed E-state index contributed by atoms with van der Waals surface area (Å²) in [7, 11) is 0. The SMILES string of the molecule is CSc1ccc(OCCNc2ncnc(Cl)c2C)cc1C. The van der Waals surface area contributed by atoms with E-state index in [1.165, 1.54) is 16.8 Å². The van der Waals surface area contributed by atoms with Crippen molar-refractivity contribution in [3.8, 4) is 5.75 Å². The lowest BCUT2D eigenvalue weighted by atomic mass is 10.2. The lowest BCUT2D eigenvalue weighted by molar-refractivity contribution is 0.332. The monoisotopic (exact) mass is 323 g/mol. The number of nitrogens with zero attached hydrogens (tertiary/aromatic N) is 2. The van der Waals surface area contributed by atoms with Crippen molar-refractivity contribution < 1.29 is 4.74 Å². The van der Waals surface area contributed by atoms with Gasteiger partial charge in [0.2, 0.25) is 0 Å². The number of thioether (sulfide) groups is 1. The average Bonchev–Trinajstić information content (AvgIpc) is 2.48. The third kappa shape index (κ3) is 4.25. The van der Waals surface area contributed by atoms with Crippen molar-refractivity contribution in [3.63, 3.8) is 0 Å². The molecule has 2 aromatic rings. The summed E-state index contributed by atoms with van der Waals surface area (Å²) in [5.74, 6) is 1.62. The second kappa shape index (κ2) is 7.52. The highest BCUT2D eigenvalue weighted by Gasteiger charge is 2.04. The normalized spacial score (nSPS) is 10.5. The summed E-state index contributed by atoms with van der Waals surface area (Å²) >= 11 is 7.68. The Bertz CT molecular complexity index is 622. The topological polar surface area (TPSA) is 47.0 Å². The fourth-order valence-electron chi connectivity index (χ4n) is 1.89. The van der Waals surface area contributed by atoms with E-state index in [1.54, 1.807) is 11.8 Å². The Morgan fingerprint density at radius 2 is 2.10 bits per heavy atom. The third-order valence-electron chi connectivity index (χ3n) is 3.05. The molecule has 0 unspecified atom stereocenters. The van der Waals surface area contributed by atoms with Crippen LogP contribution in [-0.2, 0) is 0 Å².